The van der Waals surface area contributed by atoms with Crippen LogP contribution >= 0.6 is 24.0 Å². The standard InChI is InChI=1S/C11H14ClFN2O2S.ClH/c12-8-3-4-11(10(13)6-8)18(16,17)15-7-9-2-1-5-14-9;/h3-4,6,9,14-15H,1-2,5,7H2;1H. The van der Waals surface area contributed by atoms with Crippen molar-refractivity contribution in [3.05, 3.63) is 29.0 Å². The molecule has 8 heteroatoms. The fraction of sp³-hybridized carbons (Fsp3) is 0.455. The van der Waals surface area contributed by atoms with Gasteiger partial charge in [0.25, 0.3) is 0 Å². The molecule has 1 aromatic rings. The first kappa shape index (κ1) is 16.7. The van der Waals surface area contributed by atoms with E-state index < -0.39 is 15.8 Å². The van der Waals surface area contributed by atoms with Crippen LogP contribution in [0.1, 0.15) is 12.8 Å². The molecule has 1 unspecified atom stereocenters. The number of sulfonamides is 1. The number of nitrogens with one attached hydrogen (secondary N) is 2. The molecule has 1 heterocycles. The maximum Gasteiger partial charge on any atom is 0.243 e. The lowest BCUT2D eigenvalue weighted by molar-refractivity contribution is 0.539. The number of halogens is 3. The molecule has 1 aromatic carbocycles. The van der Waals surface area contributed by atoms with E-state index in [-0.39, 0.29) is 34.9 Å². The Morgan fingerprint density at radius 3 is 2.79 bits per heavy atom. The Bertz CT molecular complexity index is 533. The molecule has 0 aliphatic carbocycles. The first-order valence-electron chi connectivity index (χ1n) is 5.67. The Hall–Kier alpha value is -0.400. The van der Waals surface area contributed by atoms with Gasteiger partial charge in [-0.1, -0.05) is 11.6 Å². The molecule has 0 spiro atoms. The monoisotopic (exact) mass is 328 g/mol. The van der Waals surface area contributed by atoms with Gasteiger partial charge in [-0.15, -0.1) is 12.4 Å². The van der Waals surface area contributed by atoms with Crippen molar-refractivity contribution < 1.29 is 12.8 Å². The summed E-state index contributed by atoms with van der Waals surface area (Å²) >= 11 is 5.58. The van der Waals surface area contributed by atoms with Crippen molar-refractivity contribution in [1.82, 2.24) is 10.0 Å². The molecular weight excluding hydrogens is 314 g/mol. The molecule has 108 valence electrons. The topological polar surface area (TPSA) is 58.2 Å². The molecular formula is C11H15Cl2FN2O2S. The van der Waals surface area contributed by atoms with Crippen LogP contribution in [0.4, 0.5) is 4.39 Å². The second kappa shape index (κ2) is 6.85. The van der Waals surface area contributed by atoms with Crippen LogP contribution in [0.3, 0.4) is 0 Å². The van der Waals surface area contributed by atoms with Crippen molar-refractivity contribution in [2.24, 2.45) is 0 Å². The van der Waals surface area contributed by atoms with Gasteiger partial charge in [-0.2, -0.15) is 0 Å². The maximum absolute atomic E-state index is 13.5. The zero-order chi connectivity index (χ0) is 13.2. The van der Waals surface area contributed by atoms with Gasteiger partial charge in [0.2, 0.25) is 10.0 Å². The van der Waals surface area contributed by atoms with E-state index in [1.54, 1.807) is 0 Å². The van der Waals surface area contributed by atoms with Gasteiger partial charge in [0.15, 0.2) is 0 Å². The molecule has 1 aliphatic heterocycles. The maximum atomic E-state index is 13.5. The van der Waals surface area contributed by atoms with Crippen molar-refractivity contribution >= 4 is 34.0 Å². The summed E-state index contributed by atoms with van der Waals surface area (Å²) in [7, 11) is -3.82. The molecule has 2 N–H and O–H groups in total. The summed E-state index contributed by atoms with van der Waals surface area (Å²) in [5.74, 6) is -0.839. The number of hydrogen-bond donors (Lipinski definition) is 2. The van der Waals surface area contributed by atoms with Crippen molar-refractivity contribution in [2.45, 2.75) is 23.8 Å². The van der Waals surface area contributed by atoms with Crippen molar-refractivity contribution in [2.75, 3.05) is 13.1 Å². The summed E-state index contributed by atoms with van der Waals surface area (Å²) in [6.45, 7) is 1.16. The van der Waals surface area contributed by atoms with Crippen LogP contribution in [0.5, 0.6) is 0 Å². The predicted molar refractivity (Wildman–Crippen MR) is 74.9 cm³/mol. The molecule has 0 amide bonds. The Balaban J connectivity index is 0.00000180. The minimum absolute atomic E-state index is 0. The second-order valence-corrected chi connectivity index (χ2v) is 6.39. The zero-order valence-electron chi connectivity index (χ0n) is 10.0. The van der Waals surface area contributed by atoms with Gasteiger partial charge in [0, 0.05) is 17.6 Å². The molecule has 0 bridgehead atoms. The van der Waals surface area contributed by atoms with E-state index in [4.69, 9.17) is 11.6 Å². The quantitative estimate of drug-likeness (QED) is 0.887. The highest BCUT2D eigenvalue weighted by Crippen LogP contribution is 2.18. The Kier molecular flexibility index (Phi) is 6.01. The third-order valence-corrected chi connectivity index (χ3v) is 4.56. The summed E-state index contributed by atoms with van der Waals surface area (Å²) in [4.78, 5) is -0.370. The third kappa shape index (κ3) is 4.29. The number of benzene rings is 1. The van der Waals surface area contributed by atoms with Gasteiger partial charge in [0.05, 0.1) is 0 Å². The third-order valence-electron chi connectivity index (χ3n) is 2.87. The summed E-state index contributed by atoms with van der Waals surface area (Å²) in [6, 6.07) is 3.63. The van der Waals surface area contributed by atoms with Crippen molar-refractivity contribution in [3.63, 3.8) is 0 Å². The molecule has 1 aliphatic rings. The summed E-state index contributed by atoms with van der Waals surface area (Å²) < 4.78 is 39.7. The van der Waals surface area contributed by atoms with Crippen LogP contribution < -0.4 is 10.0 Å². The number of rotatable bonds is 4. The highest BCUT2D eigenvalue weighted by Gasteiger charge is 2.22. The predicted octanol–water partition coefficient (Wildman–Crippen LogP) is 1.93. The Labute approximate surface area is 123 Å². The fourth-order valence-corrected chi connectivity index (χ4v) is 3.21. The molecule has 0 aromatic heterocycles. The molecule has 19 heavy (non-hydrogen) atoms. The largest absolute Gasteiger partial charge is 0.313 e. The van der Waals surface area contributed by atoms with Gasteiger partial charge >= 0.3 is 0 Å². The van der Waals surface area contributed by atoms with Gasteiger partial charge < -0.3 is 5.32 Å². The van der Waals surface area contributed by atoms with E-state index in [0.29, 0.717) is 0 Å². The van der Waals surface area contributed by atoms with Crippen LogP contribution in [0.15, 0.2) is 23.1 Å². The second-order valence-electron chi connectivity index (χ2n) is 4.22. The van der Waals surface area contributed by atoms with Gasteiger partial charge in [-0.3, -0.25) is 0 Å². The van der Waals surface area contributed by atoms with Crippen LogP contribution in [-0.2, 0) is 10.0 Å². The smallest absolute Gasteiger partial charge is 0.243 e. The lowest BCUT2D eigenvalue weighted by atomic mass is 10.2. The Morgan fingerprint density at radius 2 is 2.21 bits per heavy atom. The molecule has 1 saturated heterocycles. The highest BCUT2D eigenvalue weighted by atomic mass is 35.5. The van der Waals surface area contributed by atoms with E-state index in [1.165, 1.54) is 12.1 Å². The molecule has 2 rings (SSSR count). The van der Waals surface area contributed by atoms with Crippen molar-refractivity contribution in [1.29, 1.82) is 0 Å². The fourth-order valence-electron chi connectivity index (χ4n) is 1.91. The first-order chi connectivity index (χ1) is 8.49. The average Bonchev–Trinajstić information content (AvgIpc) is 2.78. The summed E-state index contributed by atoms with van der Waals surface area (Å²) in [5.41, 5.74) is 0. The zero-order valence-corrected chi connectivity index (χ0v) is 12.4. The summed E-state index contributed by atoms with van der Waals surface area (Å²) in [5, 5.41) is 3.33. The van der Waals surface area contributed by atoms with Crippen molar-refractivity contribution in [3.8, 4) is 0 Å². The van der Waals surface area contributed by atoms with Gasteiger partial charge in [-0.25, -0.2) is 17.5 Å². The lowest BCUT2D eigenvalue weighted by Crippen LogP contribution is -2.37. The Morgan fingerprint density at radius 1 is 1.47 bits per heavy atom. The first-order valence-corrected chi connectivity index (χ1v) is 7.53. The van der Waals surface area contributed by atoms with E-state index in [1.807, 2.05) is 0 Å². The highest BCUT2D eigenvalue weighted by molar-refractivity contribution is 7.89. The van der Waals surface area contributed by atoms with E-state index in [0.717, 1.165) is 25.5 Å². The van der Waals surface area contributed by atoms with Crippen LogP contribution in [0, 0.1) is 5.82 Å². The minimum Gasteiger partial charge on any atom is -0.313 e. The van der Waals surface area contributed by atoms with Crippen LogP contribution in [-0.4, -0.2) is 27.5 Å². The van der Waals surface area contributed by atoms with Gasteiger partial charge in [-0.05, 0) is 37.6 Å². The lowest BCUT2D eigenvalue weighted by Gasteiger charge is -2.12. The molecule has 4 nitrogen and oxygen atoms in total. The molecule has 1 fully saturated rings. The van der Waals surface area contributed by atoms with E-state index in [2.05, 4.69) is 10.0 Å². The van der Waals surface area contributed by atoms with Crippen LogP contribution in [0.25, 0.3) is 0 Å². The SMILES string of the molecule is Cl.O=S(=O)(NCC1CCCN1)c1ccc(Cl)cc1F. The van der Waals surface area contributed by atoms with Crippen LogP contribution in [0.2, 0.25) is 5.02 Å². The average molecular weight is 329 g/mol. The number of hydrogen-bond acceptors (Lipinski definition) is 3. The molecule has 1 atom stereocenters. The van der Waals surface area contributed by atoms with Gasteiger partial charge in [0.1, 0.15) is 10.7 Å². The molecule has 0 radical (unpaired) electrons. The normalized spacial score (nSPS) is 19.2. The van der Waals surface area contributed by atoms with E-state index >= 15 is 0 Å². The van der Waals surface area contributed by atoms with E-state index in [9.17, 15) is 12.8 Å². The molecule has 0 saturated carbocycles. The summed E-state index contributed by atoms with van der Waals surface area (Å²) in [6.07, 6.45) is 1.95. The minimum atomic E-state index is -3.82.